The summed E-state index contributed by atoms with van der Waals surface area (Å²) in [5, 5.41) is 9.25. The zero-order chi connectivity index (χ0) is 22.0. The molecule has 3 aromatic rings. The first kappa shape index (κ1) is 20.6. The van der Waals surface area contributed by atoms with E-state index in [1.54, 1.807) is 0 Å². The number of nitrogens with one attached hydrogen (secondary N) is 2. The Morgan fingerprint density at radius 2 is 1.84 bits per heavy atom. The molecule has 0 fully saturated rings. The number of fused-ring (bicyclic) bond motifs is 1. The van der Waals surface area contributed by atoms with Gasteiger partial charge in [0.15, 0.2) is 23.9 Å². The lowest BCUT2D eigenvalue weighted by atomic mass is 10.1. The number of anilines is 1. The Labute approximate surface area is 184 Å². The maximum absolute atomic E-state index is 12.3. The summed E-state index contributed by atoms with van der Waals surface area (Å²) in [6.07, 6.45) is 0. The first-order valence-corrected chi connectivity index (χ1v) is 9.93. The van der Waals surface area contributed by atoms with Gasteiger partial charge in [-0.3, -0.25) is 14.7 Å². The molecular formula is C21H16BrN3O6. The Hall–Kier alpha value is -3.66. The van der Waals surface area contributed by atoms with Crippen molar-refractivity contribution in [2.24, 2.45) is 0 Å². The maximum Gasteiger partial charge on any atom is 0.356 e. The van der Waals surface area contributed by atoms with Crippen LogP contribution in [0, 0.1) is 0 Å². The molecule has 2 heterocycles. The van der Waals surface area contributed by atoms with E-state index in [0.29, 0.717) is 17.2 Å². The number of esters is 1. The molecule has 1 amide bonds. The fourth-order valence-electron chi connectivity index (χ4n) is 2.93. The number of hydrogen-bond acceptors (Lipinski definition) is 7. The molecule has 1 aromatic heterocycles. The molecule has 0 saturated heterocycles. The molecule has 1 aliphatic heterocycles. The number of carbonyl (C=O) groups is 3. The van der Waals surface area contributed by atoms with Gasteiger partial charge in [-0.15, -0.1) is 0 Å². The Kier molecular flexibility index (Phi) is 5.72. The minimum atomic E-state index is -0.733. The standard InChI is InChI=1S/C21H16BrN3O6/c1-11(26)14-6-18-19(31-10-30-18)8-16(14)23-20(27)9-29-21(28)17-7-15(24-25-17)12-2-4-13(22)5-3-12/h2-8H,9-10H2,1H3,(H,23,27)(H,24,25). The maximum atomic E-state index is 12.3. The number of rotatable bonds is 6. The number of aromatic amines is 1. The molecule has 31 heavy (non-hydrogen) atoms. The van der Waals surface area contributed by atoms with Gasteiger partial charge in [-0.05, 0) is 31.2 Å². The van der Waals surface area contributed by atoms with Crippen LogP contribution in [0.1, 0.15) is 27.8 Å². The molecule has 10 heteroatoms. The molecule has 158 valence electrons. The average Bonchev–Trinajstić information content (AvgIpc) is 3.41. The summed E-state index contributed by atoms with van der Waals surface area (Å²) in [5.74, 6) is -0.764. The molecule has 0 saturated carbocycles. The quantitative estimate of drug-likeness (QED) is 0.404. The lowest BCUT2D eigenvalue weighted by Gasteiger charge is -2.10. The van der Waals surface area contributed by atoms with E-state index in [1.807, 2.05) is 24.3 Å². The van der Waals surface area contributed by atoms with E-state index in [-0.39, 0.29) is 29.5 Å². The van der Waals surface area contributed by atoms with Crippen molar-refractivity contribution in [2.75, 3.05) is 18.7 Å². The first-order chi connectivity index (χ1) is 14.9. The number of aromatic nitrogens is 2. The van der Waals surface area contributed by atoms with Gasteiger partial charge in [-0.2, -0.15) is 5.10 Å². The summed E-state index contributed by atoms with van der Waals surface area (Å²) in [7, 11) is 0. The normalized spacial score (nSPS) is 11.8. The van der Waals surface area contributed by atoms with Gasteiger partial charge >= 0.3 is 5.97 Å². The van der Waals surface area contributed by atoms with Gasteiger partial charge in [0.2, 0.25) is 6.79 Å². The van der Waals surface area contributed by atoms with Crippen LogP contribution >= 0.6 is 15.9 Å². The minimum Gasteiger partial charge on any atom is -0.454 e. The number of H-pyrrole nitrogens is 1. The molecule has 2 N–H and O–H groups in total. The second-order valence-electron chi connectivity index (χ2n) is 6.61. The van der Waals surface area contributed by atoms with Crippen LogP contribution in [0.4, 0.5) is 5.69 Å². The number of amides is 1. The summed E-state index contributed by atoms with van der Waals surface area (Å²) in [6.45, 7) is 0.861. The lowest BCUT2D eigenvalue weighted by Crippen LogP contribution is -2.22. The van der Waals surface area contributed by atoms with Gasteiger partial charge in [0.05, 0.1) is 11.4 Å². The van der Waals surface area contributed by atoms with Crippen molar-refractivity contribution in [1.82, 2.24) is 10.2 Å². The summed E-state index contributed by atoms with van der Waals surface area (Å²) in [5.41, 5.74) is 2.00. The van der Waals surface area contributed by atoms with Crippen LogP contribution in [0.15, 0.2) is 46.9 Å². The van der Waals surface area contributed by atoms with Crippen LogP contribution < -0.4 is 14.8 Å². The number of ketones is 1. The zero-order valence-electron chi connectivity index (χ0n) is 16.2. The zero-order valence-corrected chi connectivity index (χ0v) is 17.8. The van der Waals surface area contributed by atoms with Gasteiger partial charge in [0.25, 0.3) is 5.91 Å². The summed E-state index contributed by atoms with van der Waals surface area (Å²) in [4.78, 5) is 36.4. The highest BCUT2D eigenvalue weighted by Gasteiger charge is 2.21. The number of Topliss-reactive ketones (excluding diaryl/α,β-unsaturated/α-hetero) is 1. The van der Waals surface area contributed by atoms with E-state index in [2.05, 4.69) is 31.4 Å². The number of benzene rings is 2. The molecule has 0 bridgehead atoms. The second-order valence-corrected chi connectivity index (χ2v) is 7.52. The third-order valence-electron chi connectivity index (χ3n) is 4.44. The van der Waals surface area contributed by atoms with Gasteiger partial charge < -0.3 is 19.5 Å². The fourth-order valence-corrected chi connectivity index (χ4v) is 3.19. The topological polar surface area (TPSA) is 120 Å². The summed E-state index contributed by atoms with van der Waals surface area (Å²) < 4.78 is 16.5. The van der Waals surface area contributed by atoms with E-state index in [4.69, 9.17) is 14.2 Å². The Balaban J connectivity index is 1.39. The molecule has 9 nitrogen and oxygen atoms in total. The Bertz CT molecular complexity index is 1170. The molecule has 0 radical (unpaired) electrons. The van der Waals surface area contributed by atoms with Crippen molar-refractivity contribution >= 4 is 39.3 Å². The van der Waals surface area contributed by atoms with Crippen molar-refractivity contribution in [1.29, 1.82) is 0 Å². The van der Waals surface area contributed by atoms with Crippen LogP contribution in [0.3, 0.4) is 0 Å². The molecule has 0 atom stereocenters. The molecule has 1 aliphatic rings. The van der Waals surface area contributed by atoms with Crippen molar-refractivity contribution in [3.8, 4) is 22.8 Å². The van der Waals surface area contributed by atoms with Crippen LogP contribution in [0.2, 0.25) is 0 Å². The van der Waals surface area contributed by atoms with Crippen molar-refractivity contribution in [3.05, 3.63) is 58.2 Å². The number of ether oxygens (including phenoxy) is 3. The van der Waals surface area contributed by atoms with E-state index >= 15 is 0 Å². The van der Waals surface area contributed by atoms with Gasteiger partial charge in [0, 0.05) is 21.7 Å². The monoisotopic (exact) mass is 485 g/mol. The van der Waals surface area contributed by atoms with E-state index in [9.17, 15) is 14.4 Å². The Morgan fingerprint density at radius 1 is 1.13 bits per heavy atom. The van der Waals surface area contributed by atoms with Crippen molar-refractivity contribution in [2.45, 2.75) is 6.92 Å². The number of hydrogen-bond donors (Lipinski definition) is 2. The van der Waals surface area contributed by atoms with Crippen molar-refractivity contribution < 1.29 is 28.6 Å². The molecule has 0 aliphatic carbocycles. The highest BCUT2D eigenvalue weighted by molar-refractivity contribution is 9.10. The first-order valence-electron chi connectivity index (χ1n) is 9.13. The van der Waals surface area contributed by atoms with Crippen LogP contribution in [-0.2, 0) is 9.53 Å². The van der Waals surface area contributed by atoms with Gasteiger partial charge in [0.1, 0.15) is 5.69 Å². The van der Waals surface area contributed by atoms with E-state index < -0.39 is 18.5 Å². The van der Waals surface area contributed by atoms with Gasteiger partial charge in [-0.1, -0.05) is 28.1 Å². The van der Waals surface area contributed by atoms with E-state index in [1.165, 1.54) is 25.1 Å². The second kappa shape index (κ2) is 8.60. The van der Waals surface area contributed by atoms with Gasteiger partial charge in [-0.25, -0.2) is 4.79 Å². The fraction of sp³-hybridized carbons (Fsp3) is 0.143. The highest BCUT2D eigenvalue weighted by atomic mass is 79.9. The third kappa shape index (κ3) is 4.58. The smallest absolute Gasteiger partial charge is 0.356 e. The summed E-state index contributed by atoms with van der Waals surface area (Å²) >= 11 is 3.36. The molecular weight excluding hydrogens is 470 g/mol. The van der Waals surface area contributed by atoms with E-state index in [0.717, 1.165) is 10.0 Å². The third-order valence-corrected chi connectivity index (χ3v) is 4.97. The molecule has 2 aromatic carbocycles. The number of halogens is 1. The Morgan fingerprint density at radius 3 is 2.55 bits per heavy atom. The predicted octanol–water partition coefficient (Wildman–Crippen LogP) is 3.57. The highest BCUT2D eigenvalue weighted by Crippen LogP contribution is 2.37. The number of carbonyl (C=O) groups excluding carboxylic acids is 3. The number of nitrogens with zero attached hydrogens (tertiary/aromatic N) is 1. The summed E-state index contributed by atoms with van der Waals surface area (Å²) in [6, 6.07) is 11.9. The van der Waals surface area contributed by atoms with Crippen molar-refractivity contribution in [3.63, 3.8) is 0 Å². The molecule has 0 spiro atoms. The largest absolute Gasteiger partial charge is 0.454 e. The molecule has 0 unspecified atom stereocenters. The predicted molar refractivity (Wildman–Crippen MR) is 113 cm³/mol. The minimum absolute atomic E-state index is 0.0358. The SMILES string of the molecule is CC(=O)c1cc2c(cc1NC(=O)COC(=O)c1cc(-c3ccc(Br)cc3)n[nH]1)OCO2. The van der Waals surface area contributed by atoms with Crippen LogP contribution in [-0.4, -0.2) is 41.3 Å². The molecule has 4 rings (SSSR count). The lowest BCUT2D eigenvalue weighted by molar-refractivity contribution is -0.119. The van der Waals surface area contributed by atoms with Crippen LogP contribution in [0.5, 0.6) is 11.5 Å². The average molecular weight is 486 g/mol. The van der Waals surface area contributed by atoms with Crippen LogP contribution in [0.25, 0.3) is 11.3 Å².